The molecule has 4 nitrogen and oxygen atoms in total. The van der Waals surface area contributed by atoms with Crippen molar-refractivity contribution in [2.24, 2.45) is 22.7 Å². The first-order valence-corrected chi connectivity index (χ1v) is 8.96. The van der Waals surface area contributed by atoms with Gasteiger partial charge in [0, 0.05) is 38.5 Å². The van der Waals surface area contributed by atoms with Crippen molar-refractivity contribution >= 4 is 29.9 Å². The molecule has 3 saturated heterocycles. The number of halogens is 1. The van der Waals surface area contributed by atoms with Gasteiger partial charge in [-0.2, -0.15) is 0 Å². The minimum Gasteiger partial charge on any atom is -0.374 e. The summed E-state index contributed by atoms with van der Waals surface area (Å²) in [5.41, 5.74) is 0. The highest BCUT2D eigenvalue weighted by Crippen LogP contribution is 2.47. The van der Waals surface area contributed by atoms with Gasteiger partial charge in [-0.25, -0.2) is 0 Å². The fraction of sp³-hybridized carbons (Fsp3) is 0.941. The minimum atomic E-state index is 0. The number of aliphatic imine (C=N–C) groups is 1. The Morgan fingerprint density at radius 1 is 1.09 bits per heavy atom. The molecule has 126 valence electrons. The molecule has 0 amide bonds. The van der Waals surface area contributed by atoms with Crippen LogP contribution in [-0.2, 0) is 4.74 Å². The maximum atomic E-state index is 6.06. The predicted octanol–water partition coefficient (Wildman–Crippen LogP) is 2.87. The van der Waals surface area contributed by atoms with Crippen molar-refractivity contribution in [1.29, 1.82) is 0 Å². The summed E-state index contributed by atoms with van der Waals surface area (Å²) >= 11 is 0. The van der Waals surface area contributed by atoms with Gasteiger partial charge < -0.3 is 15.0 Å². The first kappa shape index (κ1) is 16.8. The zero-order chi connectivity index (χ0) is 14.2. The molecule has 0 spiro atoms. The lowest BCUT2D eigenvalue weighted by Crippen LogP contribution is -2.41. The summed E-state index contributed by atoms with van der Waals surface area (Å²) in [5, 5.41) is 3.61. The van der Waals surface area contributed by atoms with Crippen molar-refractivity contribution in [3.63, 3.8) is 0 Å². The van der Waals surface area contributed by atoms with Crippen molar-refractivity contribution < 1.29 is 4.74 Å². The van der Waals surface area contributed by atoms with Gasteiger partial charge in [0.05, 0.1) is 12.2 Å². The van der Waals surface area contributed by atoms with Crippen molar-refractivity contribution in [3.05, 3.63) is 0 Å². The van der Waals surface area contributed by atoms with Gasteiger partial charge in [0.1, 0.15) is 0 Å². The lowest BCUT2D eigenvalue weighted by Gasteiger charge is -2.24. The van der Waals surface area contributed by atoms with Crippen LogP contribution in [0.5, 0.6) is 0 Å². The molecule has 4 unspecified atom stereocenters. The van der Waals surface area contributed by atoms with E-state index >= 15 is 0 Å². The summed E-state index contributed by atoms with van der Waals surface area (Å²) < 4.78 is 6.06. The molecular formula is C17H30IN3O. The fourth-order valence-electron chi connectivity index (χ4n) is 5.15. The molecule has 0 aromatic heterocycles. The number of likely N-dealkylation sites (tertiary alicyclic amines) is 1. The standard InChI is InChI=1S/C17H29N3O.HI/c1-18-17(19-9-8-12-4-2-3-5-12)20-10-13-14(11-20)16-7-6-15(13)21-16;/h12-16H,2-11H2,1H3,(H,18,19);1H. The van der Waals surface area contributed by atoms with Gasteiger partial charge in [-0.15, -0.1) is 24.0 Å². The number of hydrogen-bond donors (Lipinski definition) is 1. The lowest BCUT2D eigenvalue weighted by atomic mass is 9.82. The molecular weight excluding hydrogens is 389 g/mol. The molecule has 4 atom stereocenters. The molecule has 0 aromatic rings. The van der Waals surface area contributed by atoms with Gasteiger partial charge in [0.15, 0.2) is 5.96 Å². The normalized spacial score (nSPS) is 37.5. The highest BCUT2D eigenvalue weighted by molar-refractivity contribution is 14.0. The topological polar surface area (TPSA) is 36.9 Å². The monoisotopic (exact) mass is 419 g/mol. The number of fused-ring (bicyclic) bond motifs is 5. The highest BCUT2D eigenvalue weighted by Gasteiger charge is 2.53. The van der Waals surface area contributed by atoms with E-state index in [9.17, 15) is 0 Å². The molecule has 5 heteroatoms. The predicted molar refractivity (Wildman–Crippen MR) is 99.8 cm³/mol. The zero-order valence-electron chi connectivity index (χ0n) is 13.7. The second-order valence-electron chi connectivity index (χ2n) is 7.44. The Morgan fingerprint density at radius 3 is 2.32 bits per heavy atom. The second kappa shape index (κ2) is 7.24. The van der Waals surface area contributed by atoms with E-state index in [1.54, 1.807) is 0 Å². The van der Waals surface area contributed by atoms with E-state index < -0.39 is 0 Å². The van der Waals surface area contributed by atoms with Crippen LogP contribution in [0.15, 0.2) is 4.99 Å². The van der Waals surface area contributed by atoms with Crippen LogP contribution in [-0.4, -0.2) is 49.7 Å². The molecule has 2 bridgehead atoms. The van der Waals surface area contributed by atoms with E-state index in [1.165, 1.54) is 44.9 Å². The van der Waals surface area contributed by atoms with Crippen LogP contribution in [0.1, 0.15) is 44.9 Å². The van der Waals surface area contributed by atoms with Crippen molar-refractivity contribution in [2.75, 3.05) is 26.7 Å². The summed E-state index contributed by atoms with van der Waals surface area (Å²) in [4.78, 5) is 7.01. The van der Waals surface area contributed by atoms with E-state index in [0.717, 1.165) is 43.3 Å². The smallest absolute Gasteiger partial charge is 0.193 e. The maximum absolute atomic E-state index is 6.06. The van der Waals surface area contributed by atoms with E-state index in [-0.39, 0.29) is 24.0 Å². The van der Waals surface area contributed by atoms with Crippen LogP contribution in [0.3, 0.4) is 0 Å². The first-order valence-electron chi connectivity index (χ1n) is 8.96. The quantitative estimate of drug-likeness (QED) is 0.434. The number of nitrogens with zero attached hydrogens (tertiary/aromatic N) is 2. The zero-order valence-corrected chi connectivity index (χ0v) is 16.0. The number of rotatable bonds is 3. The number of ether oxygens (including phenoxy) is 1. The molecule has 1 N–H and O–H groups in total. The van der Waals surface area contributed by atoms with E-state index in [4.69, 9.17) is 4.74 Å². The van der Waals surface area contributed by atoms with Gasteiger partial charge in [0.2, 0.25) is 0 Å². The van der Waals surface area contributed by atoms with Crippen LogP contribution in [0.2, 0.25) is 0 Å². The molecule has 1 saturated carbocycles. The fourth-order valence-corrected chi connectivity index (χ4v) is 5.15. The third kappa shape index (κ3) is 3.12. The van der Waals surface area contributed by atoms with Crippen molar-refractivity contribution in [1.82, 2.24) is 10.2 Å². The van der Waals surface area contributed by atoms with Crippen LogP contribution in [0.4, 0.5) is 0 Å². The largest absolute Gasteiger partial charge is 0.374 e. The summed E-state index contributed by atoms with van der Waals surface area (Å²) in [6, 6.07) is 0. The summed E-state index contributed by atoms with van der Waals surface area (Å²) in [6.45, 7) is 3.39. The van der Waals surface area contributed by atoms with Crippen LogP contribution >= 0.6 is 24.0 Å². The van der Waals surface area contributed by atoms with Crippen LogP contribution < -0.4 is 5.32 Å². The molecule has 22 heavy (non-hydrogen) atoms. The average molecular weight is 419 g/mol. The molecule has 4 rings (SSSR count). The number of guanidine groups is 1. The van der Waals surface area contributed by atoms with Gasteiger partial charge in [-0.1, -0.05) is 25.7 Å². The summed E-state index contributed by atoms with van der Waals surface area (Å²) in [7, 11) is 1.93. The third-order valence-electron chi connectivity index (χ3n) is 6.27. The molecule has 4 fully saturated rings. The Morgan fingerprint density at radius 2 is 1.73 bits per heavy atom. The van der Waals surface area contributed by atoms with Crippen molar-refractivity contribution in [2.45, 2.75) is 57.2 Å². The molecule has 1 aliphatic carbocycles. The third-order valence-corrected chi connectivity index (χ3v) is 6.27. The van der Waals surface area contributed by atoms with E-state index in [0.29, 0.717) is 12.2 Å². The van der Waals surface area contributed by atoms with Gasteiger partial charge >= 0.3 is 0 Å². The van der Waals surface area contributed by atoms with E-state index in [1.807, 2.05) is 7.05 Å². The molecule has 0 radical (unpaired) electrons. The molecule has 0 aromatic carbocycles. The second-order valence-corrected chi connectivity index (χ2v) is 7.44. The van der Waals surface area contributed by atoms with Gasteiger partial charge in [0.25, 0.3) is 0 Å². The Labute approximate surface area is 151 Å². The van der Waals surface area contributed by atoms with Gasteiger partial charge in [-0.3, -0.25) is 4.99 Å². The minimum absolute atomic E-state index is 0. The van der Waals surface area contributed by atoms with E-state index in [2.05, 4.69) is 15.2 Å². The number of nitrogens with one attached hydrogen (secondary N) is 1. The highest BCUT2D eigenvalue weighted by atomic mass is 127. The Hall–Kier alpha value is -0.0400. The molecule has 3 aliphatic heterocycles. The van der Waals surface area contributed by atoms with Crippen LogP contribution in [0, 0.1) is 17.8 Å². The Balaban J connectivity index is 0.00000144. The maximum Gasteiger partial charge on any atom is 0.193 e. The summed E-state index contributed by atoms with van der Waals surface area (Å²) in [5.74, 6) is 3.61. The lowest BCUT2D eigenvalue weighted by molar-refractivity contribution is 0.0767. The Bertz CT molecular complexity index is 393. The van der Waals surface area contributed by atoms with Crippen molar-refractivity contribution in [3.8, 4) is 0 Å². The average Bonchev–Trinajstić information content (AvgIpc) is 3.25. The summed E-state index contributed by atoms with van der Waals surface area (Å²) in [6.07, 6.45) is 10.7. The first-order chi connectivity index (χ1) is 10.3. The SMILES string of the molecule is CN=C(NCCC1CCCC1)N1CC2C3CCC(O3)C2C1.I. The molecule has 4 aliphatic rings. The van der Waals surface area contributed by atoms with Gasteiger partial charge in [-0.05, 0) is 25.2 Å². The molecule has 3 heterocycles. The Kier molecular flexibility index (Phi) is 5.53. The number of hydrogen-bond acceptors (Lipinski definition) is 2. The van der Waals surface area contributed by atoms with Crippen LogP contribution in [0.25, 0.3) is 0 Å².